The molecule has 30 heavy (non-hydrogen) atoms. The maximum Gasteiger partial charge on any atom is 0.242 e. The van der Waals surface area contributed by atoms with Crippen molar-refractivity contribution in [2.45, 2.75) is 19.4 Å². The first-order valence-electron chi connectivity index (χ1n) is 9.50. The largest absolute Gasteiger partial charge is 0.497 e. The van der Waals surface area contributed by atoms with Crippen molar-refractivity contribution in [2.75, 3.05) is 21.0 Å². The van der Waals surface area contributed by atoms with Crippen LogP contribution in [-0.4, -0.2) is 38.8 Å². The Labute approximate surface area is 173 Å². The molecule has 0 aliphatic carbocycles. The molecule has 8 nitrogen and oxygen atoms in total. The van der Waals surface area contributed by atoms with E-state index in [1.807, 2.05) is 30.3 Å². The summed E-state index contributed by atoms with van der Waals surface area (Å²) in [5.74, 6) is 1.93. The molecule has 1 atom stereocenters. The summed E-state index contributed by atoms with van der Waals surface area (Å²) in [7, 11) is 3.13. The van der Waals surface area contributed by atoms with Crippen LogP contribution in [0.3, 0.4) is 0 Å². The number of hydrogen-bond acceptors (Lipinski definition) is 6. The van der Waals surface area contributed by atoms with Crippen molar-refractivity contribution >= 4 is 22.8 Å². The standard InChI is InChI=1S/C22H22N2O6/c1-12(22(26)23-2)24-20(25)9-16-15-8-18-19(29-11-28-18)10-17(15)30-21(16)13-4-6-14(27-3)7-5-13/h4-8,10,12H,9,11H2,1-3H3,(H,23,26)(H,24,25)/t12-/m0/s1. The molecule has 1 aromatic heterocycles. The lowest BCUT2D eigenvalue weighted by molar-refractivity contribution is -0.127. The van der Waals surface area contributed by atoms with Gasteiger partial charge in [-0.25, -0.2) is 0 Å². The number of benzene rings is 2. The van der Waals surface area contributed by atoms with Crippen molar-refractivity contribution in [3.8, 4) is 28.6 Å². The normalized spacial score (nSPS) is 13.2. The summed E-state index contributed by atoms with van der Waals surface area (Å²) in [5, 5.41) is 5.99. The van der Waals surface area contributed by atoms with E-state index in [2.05, 4.69) is 10.6 Å². The summed E-state index contributed by atoms with van der Waals surface area (Å²) in [6.07, 6.45) is 0.0370. The topological polar surface area (TPSA) is 99.0 Å². The Morgan fingerprint density at radius 1 is 1.13 bits per heavy atom. The molecule has 2 heterocycles. The fraction of sp³-hybridized carbons (Fsp3) is 0.273. The first-order chi connectivity index (χ1) is 14.5. The second-order valence-corrected chi connectivity index (χ2v) is 6.92. The van der Waals surface area contributed by atoms with E-state index in [9.17, 15) is 9.59 Å². The molecule has 3 aromatic rings. The SMILES string of the molecule is CNC(=O)[C@H](C)NC(=O)Cc1c(-c2ccc(OC)cc2)oc2cc3c(cc12)OCO3. The van der Waals surface area contributed by atoms with Gasteiger partial charge in [0.05, 0.1) is 13.5 Å². The third-order valence-corrected chi connectivity index (χ3v) is 4.99. The third kappa shape index (κ3) is 3.63. The van der Waals surface area contributed by atoms with Gasteiger partial charge in [-0.1, -0.05) is 0 Å². The van der Waals surface area contributed by atoms with E-state index in [-0.39, 0.29) is 25.0 Å². The lowest BCUT2D eigenvalue weighted by Crippen LogP contribution is -2.44. The minimum atomic E-state index is -0.647. The van der Waals surface area contributed by atoms with Gasteiger partial charge in [-0.2, -0.15) is 0 Å². The highest BCUT2D eigenvalue weighted by Gasteiger charge is 2.24. The minimum Gasteiger partial charge on any atom is -0.497 e. The predicted octanol–water partition coefficient (Wildman–Crippen LogP) is 2.63. The fourth-order valence-electron chi connectivity index (χ4n) is 3.42. The highest BCUT2D eigenvalue weighted by Crippen LogP contribution is 2.42. The van der Waals surface area contributed by atoms with Gasteiger partial charge in [0, 0.05) is 29.6 Å². The number of methoxy groups -OCH3 is 1. The van der Waals surface area contributed by atoms with E-state index in [4.69, 9.17) is 18.6 Å². The van der Waals surface area contributed by atoms with Crippen LogP contribution < -0.4 is 24.8 Å². The first kappa shape index (κ1) is 19.6. The van der Waals surface area contributed by atoms with Gasteiger partial charge in [0.25, 0.3) is 0 Å². The lowest BCUT2D eigenvalue weighted by Gasteiger charge is -2.12. The molecule has 0 fully saturated rings. The van der Waals surface area contributed by atoms with Gasteiger partial charge in [0.15, 0.2) is 11.5 Å². The summed E-state index contributed by atoms with van der Waals surface area (Å²) in [6, 6.07) is 10.3. The molecule has 0 unspecified atom stereocenters. The smallest absolute Gasteiger partial charge is 0.242 e. The van der Waals surface area contributed by atoms with E-state index >= 15 is 0 Å². The lowest BCUT2D eigenvalue weighted by atomic mass is 10.0. The van der Waals surface area contributed by atoms with E-state index in [1.54, 1.807) is 20.1 Å². The molecule has 0 bridgehead atoms. The van der Waals surface area contributed by atoms with Crippen LogP contribution in [0, 0.1) is 0 Å². The average molecular weight is 410 g/mol. The maximum absolute atomic E-state index is 12.7. The van der Waals surface area contributed by atoms with Crippen molar-refractivity contribution in [1.29, 1.82) is 0 Å². The zero-order chi connectivity index (χ0) is 21.3. The summed E-state index contributed by atoms with van der Waals surface area (Å²) >= 11 is 0. The van der Waals surface area contributed by atoms with Gasteiger partial charge in [0.2, 0.25) is 18.6 Å². The second-order valence-electron chi connectivity index (χ2n) is 6.92. The summed E-state index contributed by atoms with van der Waals surface area (Å²) in [4.78, 5) is 24.4. The Balaban J connectivity index is 1.74. The number of carbonyl (C=O) groups excluding carboxylic acids is 2. The van der Waals surface area contributed by atoms with E-state index < -0.39 is 6.04 Å². The van der Waals surface area contributed by atoms with E-state index in [0.29, 0.717) is 34.2 Å². The number of amides is 2. The fourth-order valence-corrected chi connectivity index (χ4v) is 3.42. The van der Waals surface area contributed by atoms with Crippen molar-refractivity contribution in [2.24, 2.45) is 0 Å². The minimum absolute atomic E-state index is 0.0370. The van der Waals surface area contributed by atoms with Crippen LogP contribution in [0.15, 0.2) is 40.8 Å². The quantitative estimate of drug-likeness (QED) is 0.648. The first-order valence-corrected chi connectivity index (χ1v) is 9.50. The molecule has 0 saturated heterocycles. The van der Waals surface area contributed by atoms with Gasteiger partial charge in [0.1, 0.15) is 23.1 Å². The number of furan rings is 1. The second kappa shape index (κ2) is 7.98. The highest BCUT2D eigenvalue weighted by molar-refractivity contribution is 5.96. The van der Waals surface area contributed by atoms with Crippen LogP contribution >= 0.6 is 0 Å². The number of likely N-dealkylation sites (N-methyl/N-ethyl adjacent to an activating group) is 1. The molecule has 4 rings (SSSR count). The van der Waals surface area contributed by atoms with E-state index in [1.165, 1.54) is 7.05 Å². The predicted molar refractivity (Wildman–Crippen MR) is 110 cm³/mol. The Kier molecular flexibility index (Phi) is 5.22. The highest BCUT2D eigenvalue weighted by atomic mass is 16.7. The van der Waals surface area contributed by atoms with E-state index in [0.717, 1.165) is 10.9 Å². The number of ether oxygens (including phenoxy) is 3. The molecule has 8 heteroatoms. The molecule has 0 spiro atoms. The van der Waals surface area contributed by atoms with Crippen LogP contribution in [0.4, 0.5) is 0 Å². The number of rotatable bonds is 6. The van der Waals surface area contributed by atoms with Crippen molar-refractivity contribution in [3.63, 3.8) is 0 Å². The molecule has 2 amide bonds. The Morgan fingerprint density at radius 3 is 2.50 bits per heavy atom. The van der Waals surface area contributed by atoms with Crippen molar-refractivity contribution in [1.82, 2.24) is 10.6 Å². The van der Waals surface area contributed by atoms with Gasteiger partial charge in [-0.15, -0.1) is 0 Å². The van der Waals surface area contributed by atoms with Gasteiger partial charge in [-0.05, 0) is 37.3 Å². The number of fused-ring (bicyclic) bond motifs is 2. The molecule has 1 aliphatic heterocycles. The zero-order valence-electron chi connectivity index (χ0n) is 16.9. The average Bonchev–Trinajstić information content (AvgIpc) is 3.35. The number of hydrogen-bond donors (Lipinski definition) is 2. The number of nitrogens with one attached hydrogen (secondary N) is 2. The molecule has 156 valence electrons. The Bertz CT molecular complexity index is 1100. The summed E-state index contributed by atoms with van der Waals surface area (Å²) in [5.41, 5.74) is 2.10. The third-order valence-electron chi connectivity index (χ3n) is 4.99. The molecule has 0 saturated carbocycles. The summed E-state index contributed by atoms with van der Waals surface area (Å²) < 4.78 is 22.3. The van der Waals surface area contributed by atoms with Gasteiger partial charge < -0.3 is 29.3 Å². The molecule has 0 radical (unpaired) electrons. The monoisotopic (exact) mass is 410 g/mol. The van der Waals surface area contributed by atoms with Crippen LogP contribution in [0.2, 0.25) is 0 Å². The van der Waals surface area contributed by atoms with Crippen molar-refractivity contribution in [3.05, 3.63) is 42.0 Å². The Hall–Kier alpha value is -3.68. The van der Waals surface area contributed by atoms with Crippen molar-refractivity contribution < 1.29 is 28.2 Å². The van der Waals surface area contributed by atoms with Crippen LogP contribution in [0.5, 0.6) is 17.2 Å². The molecule has 1 aliphatic rings. The van der Waals surface area contributed by atoms with Crippen LogP contribution in [0.1, 0.15) is 12.5 Å². The molecule has 2 N–H and O–H groups in total. The van der Waals surface area contributed by atoms with Crippen LogP contribution in [0.25, 0.3) is 22.3 Å². The van der Waals surface area contributed by atoms with Crippen LogP contribution in [-0.2, 0) is 16.0 Å². The number of carbonyl (C=O) groups is 2. The van der Waals surface area contributed by atoms with Gasteiger partial charge >= 0.3 is 0 Å². The zero-order valence-corrected chi connectivity index (χ0v) is 16.9. The molecule has 2 aromatic carbocycles. The van der Waals surface area contributed by atoms with Gasteiger partial charge in [-0.3, -0.25) is 9.59 Å². The molecular weight excluding hydrogens is 388 g/mol. The summed E-state index contributed by atoms with van der Waals surface area (Å²) in [6.45, 7) is 1.78. The Morgan fingerprint density at radius 2 is 1.83 bits per heavy atom. The molecular formula is C22H22N2O6. The maximum atomic E-state index is 12.7.